The monoisotopic (exact) mass is 350 g/mol. The van der Waals surface area contributed by atoms with Crippen molar-refractivity contribution in [2.24, 2.45) is 0 Å². The second-order valence-electron chi connectivity index (χ2n) is 3.77. The Morgan fingerprint density at radius 1 is 0.650 bits per heavy atom. The molecule has 0 aliphatic carbocycles. The Bertz CT molecular complexity index is 534. The van der Waals surface area contributed by atoms with E-state index in [0.717, 1.165) is 11.1 Å². The Morgan fingerprint density at radius 3 is 1.10 bits per heavy atom. The van der Waals surface area contributed by atoms with E-state index in [1.165, 1.54) is 24.3 Å². The molecule has 0 unspecified atom stereocenters. The summed E-state index contributed by atoms with van der Waals surface area (Å²) in [6.07, 6.45) is 0. The third-order valence-electron chi connectivity index (χ3n) is 2.60. The van der Waals surface area contributed by atoms with Gasteiger partial charge in [0.25, 0.3) is 0 Å². The number of rotatable bonds is 3. The van der Waals surface area contributed by atoms with Gasteiger partial charge < -0.3 is 15.7 Å². The molecule has 2 rings (SSSR count). The van der Waals surface area contributed by atoms with Gasteiger partial charge in [-0.15, -0.1) is 0 Å². The van der Waals surface area contributed by atoms with Crippen LogP contribution in [0.25, 0.3) is 11.1 Å². The molecule has 0 amide bonds. The molecule has 4 N–H and O–H groups in total. The average Bonchev–Trinajstić information content (AvgIpc) is 2.39. The van der Waals surface area contributed by atoms with Crippen LogP contribution in [0.4, 0.5) is 0 Å². The van der Waals surface area contributed by atoms with Crippen LogP contribution in [0.5, 0.6) is 0 Å². The molecule has 0 aliphatic rings. The minimum atomic E-state index is -0.970. The molecule has 2 aromatic rings. The fourth-order valence-corrected chi connectivity index (χ4v) is 1.61. The van der Waals surface area contributed by atoms with E-state index in [1.807, 2.05) is 0 Å². The van der Waals surface area contributed by atoms with Crippen LogP contribution in [-0.2, 0) is 26.2 Å². The summed E-state index contributed by atoms with van der Waals surface area (Å²) in [5, 5.41) is 17.6. The van der Waals surface area contributed by atoms with E-state index in [-0.39, 0.29) is 42.8 Å². The standard InChI is InChI=1S/C14H10O4.H2O.Zr/c15-13(16)11-5-1-9(2-6-11)10-3-7-12(8-4-10)14(17)18;;/h1-8H,(H,15,16)(H,17,18);1H2;. The number of carbonyl (C=O) groups is 2. The van der Waals surface area contributed by atoms with Gasteiger partial charge in [0.05, 0.1) is 11.1 Å². The molecule has 0 radical (unpaired) electrons. The number of carboxylic acids is 2. The van der Waals surface area contributed by atoms with Gasteiger partial charge in [-0.05, 0) is 35.4 Å². The minimum Gasteiger partial charge on any atom is -0.478 e. The van der Waals surface area contributed by atoms with E-state index in [4.69, 9.17) is 10.2 Å². The maximum absolute atomic E-state index is 10.7. The van der Waals surface area contributed by atoms with Gasteiger partial charge in [0, 0.05) is 26.2 Å². The first kappa shape index (κ1) is 18.2. The molecule has 0 aromatic heterocycles. The van der Waals surface area contributed by atoms with Gasteiger partial charge in [-0.3, -0.25) is 0 Å². The van der Waals surface area contributed by atoms with Gasteiger partial charge in [0.2, 0.25) is 0 Å². The average molecular weight is 351 g/mol. The Morgan fingerprint density at radius 2 is 0.900 bits per heavy atom. The summed E-state index contributed by atoms with van der Waals surface area (Å²) in [6.45, 7) is 0. The number of aromatic carboxylic acids is 2. The molecule has 0 saturated carbocycles. The molecule has 2 aromatic carbocycles. The quantitative estimate of drug-likeness (QED) is 0.881. The van der Waals surface area contributed by atoms with Crippen molar-refractivity contribution in [2.75, 3.05) is 0 Å². The minimum absolute atomic E-state index is 0. The first-order valence-corrected chi connectivity index (χ1v) is 5.25. The summed E-state index contributed by atoms with van der Waals surface area (Å²) in [7, 11) is 0. The van der Waals surface area contributed by atoms with Crippen molar-refractivity contribution >= 4 is 11.9 Å². The van der Waals surface area contributed by atoms with Gasteiger partial charge in [0.1, 0.15) is 0 Å². The Hall–Kier alpha value is -1.78. The van der Waals surface area contributed by atoms with Crippen molar-refractivity contribution in [2.45, 2.75) is 0 Å². The predicted octanol–water partition coefficient (Wildman–Crippen LogP) is 1.92. The van der Waals surface area contributed by atoms with Crippen LogP contribution >= 0.6 is 0 Å². The van der Waals surface area contributed by atoms with Gasteiger partial charge in [0.15, 0.2) is 0 Å². The zero-order valence-corrected chi connectivity index (χ0v) is 12.8. The van der Waals surface area contributed by atoms with Crippen molar-refractivity contribution in [1.82, 2.24) is 0 Å². The molecular formula is C14H12O5Zr. The van der Waals surface area contributed by atoms with Gasteiger partial charge in [-0.2, -0.15) is 0 Å². The number of carboxylic acid groups (broad SMARTS) is 2. The first-order chi connectivity index (χ1) is 8.58. The predicted molar refractivity (Wildman–Crippen MR) is 69.4 cm³/mol. The van der Waals surface area contributed by atoms with Gasteiger partial charge in [-0.1, -0.05) is 24.3 Å². The van der Waals surface area contributed by atoms with Crippen molar-refractivity contribution in [3.63, 3.8) is 0 Å². The fraction of sp³-hybridized carbons (Fsp3) is 0. The Labute approximate surface area is 134 Å². The first-order valence-electron chi connectivity index (χ1n) is 5.25. The van der Waals surface area contributed by atoms with E-state index >= 15 is 0 Å². The maximum atomic E-state index is 10.7. The molecule has 5 nitrogen and oxygen atoms in total. The Balaban J connectivity index is 0.00000180. The number of benzene rings is 2. The van der Waals surface area contributed by atoms with Crippen LogP contribution in [0.1, 0.15) is 20.7 Å². The van der Waals surface area contributed by atoms with Crippen molar-refractivity contribution < 1.29 is 51.5 Å². The van der Waals surface area contributed by atoms with Crippen LogP contribution in [0.15, 0.2) is 48.5 Å². The second kappa shape index (κ2) is 7.73. The summed E-state index contributed by atoms with van der Waals surface area (Å²) < 4.78 is 0. The molecule has 0 bridgehead atoms. The molecule has 0 saturated heterocycles. The van der Waals surface area contributed by atoms with E-state index < -0.39 is 11.9 Å². The summed E-state index contributed by atoms with van der Waals surface area (Å²) in [5.74, 6) is -1.94. The van der Waals surface area contributed by atoms with Crippen LogP contribution in [0.2, 0.25) is 0 Å². The molecule has 0 heterocycles. The topological polar surface area (TPSA) is 106 Å². The summed E-state index contributed by atoms with van der Waals surface area (Å²) in [5.41, 5.74) is 2.13. The molecule has 0 aliphatic heterocycles. The molecule has 102 valence electrons. The smallest absolute Gasteiger partial charge is 0.335 e. The molecule has 6 heteroatoms. The fourth-order valence-electron chi connectivity index (χ4n) is 1.61. The molecule has 0 spiro atoms. The number of hydrogen-bond acceptors (Lipinski definition) is 2. The SMILES string of the molecule is O.O=C(O)c1ccc(-c2ccc(C(=O)O)cc2)cc1.[Zr]. The normalized spacial score (nSPS) is 9.00. The third-order valence-corrected chi connectivity index (χ3v) is 2.60. The van der Waals surface area contributed by atoms with Gasteiger partial charge >= 0.3 is 11.9 Å². The molecule has 0 atom stereocenters. The molecule has 0 fully saturated rings. The van der Waals surface area contributed by atoms with Crippen molar-refractivity contribution in [3.8, 4) is 11.1 Å². The zero-order valence-electron chi connectivity index (χ0n) is 10.3. The van der Waals surface area contributed by atoms with E-state index in [2.05, 4.69) is 0 Å². The van der Waals surface area contributed by atoms with Crippen LogP contribution in [0.3, 0.4) is 0 Å². The second-order valence-corrected chi connectivity index (χ2v) is 3.77. The zero-order chi connectivity index (χ0) is 13.1. The summed E-state index contributed by atoms with van der Waals surface area (Å²) in [6, 6.07) is 12.8. The van der Waals surface area contributed by atoms with Crippen LogP contribution < -0.4 is 0 Å². The summed E-state index contributed by atoms with van der Waals surface area (Å²) in [4.78, 5) is 21.4. The molecular weight excluding hydrogens is 339 g/mol. The Kier molecular flexibility index (Phi) is 7.04. The van der Waals surface area contributed by atoms with Gasteiger partial charge in [-0.25, -0.2) is 9.59 Å². The summed E-state index contributed by atoms with van der Waals surface area (Å²) >= 11 is 0. The van der Waals surface area contributed by atoms with Crippen LogP contribution in [0, 0.1) is 0 Å². The molecule has 20 heavy (non-hydrogen) atoms. The van der Waals surface area contributed by atoms with Crippen LogP contribution in [-0.4, -0.2) is 27.6 Å². The maximum Gasteiger partial charge on any atom is 0.335 e. The third kappa shape index (κ3) is 4.12. The van der Waals surface area contributed by atoms with E-state index in [1.54, 1.807) is 24.3 Å². The largest absolute Gasteiger partial charge is 0.478 e. The van der Waals surface area contributed by atoms with E-state index in [0.29, 0.717) is 0 Å². The van der Waals surface area contributed by atoms with Crippen molar-refractivity contribution in [1.29, 1.82) is 0 Å². The van der Waals surface area contributed by atoms with E-state index in [9.17, 15) is 9.59 Å². The van der Waals surface area contributed by atoms with Crippen molar-refractivity contribution in [3.05, 3.63) is 59.7 Å². The number of hydrogen-bond donors (Lipinski definition) is 2.